The number of carboxylic acids is 1. The van der Waals surface area contributed by atoms with Crippen LogP contribution in [0.3, 0.4) is 0 Å². The van der Waals surface area contributed by atoms with E-state index in [-0.39, 0.29) is 13.2 Å². The third-order valence-electron chi connectivity index (χ3n) is 5.04. The monoisotopic (exact) mass is 449 g/mol. The molecule has 2 aromatic carbocycles. The molecule has 0 amide bonds. The van der Waals surface area contributed by atoms with Crippen molar-refractivity contribution in [2.45, 2.75) is 6.54 Å². The van der Waals surface area contributed by atoms with E-state index in [1.807, 2.05) is 0 Å². The number of aliphatic carboxylic acids is 1. The Bertz CT molecular complexity index is 1270. The summed E-state index contributed by atoms with van der Waals surface area (Å²) in [4.78, 5) is 22.5. The summed E-state index contributed by atoms with van der Waals surface area (Å²) in [6.45, 7) is 0.102. The highest BCUT2D eigenvalue weighted by Gasteiger charge is 2.17. The van der Waals surface area contributed by atoms with Crippen molar-refractivity contribution < 1.29 is 24.5 Å². The van der Waals surface area contributed by atoms with Crippen molar-refractivity contribution in [1.29, 1.82) is 0 Å². The van der Waals surface area contributed by atoms with Crippen LogP contribution in [0.2, 0.25) is 0 Å². The van der Waals surface area contributed by atoms with Gasteiger partial charge in [-0.1, -0.05) is 0 Å². The molecule has 2 heterocycles. The fourth-order valence-corrected chi connectivity index (χ4v) is 3.44. The van der Waals surface area contributed by atoms with E-state index in [1.165, 1.54) is 14.2 Å². The van der Waals surface area contributed by atoms with Crippen LogP contribution < -0.4 is 14.4 Å². The molecule has 0 bridgehead atoms. The van der Waals surface area contributed by atoms with Crippen molar-refractivity contribution in [3.8, 4) is 22.8 Å². The molecule has 0 aliphatic carbocycles. The molecule has 10 heteroatoms. The fraction of sp³-hybridized carbons (Fsp3) is 0.217. The second kappa shape index (κ2) is 9.53. The van der Waals surface area contributed by atoms with Crippen LogP contribution in [0.5, 0.6) is 11.5 Å². The molecule has 4 aromatic rings. The van der Waals surface area contributed by atoms with Crippen molar-refractivity contribution in [2.24, 2.45) is 0 Å². The van der Waals surface area contributed by atoms with Gasteiger partial charge in [-0.3, -0.25) is 14.5 Å². The number of carbonyl (C=O) groups is 1. The molecule has 0 saturated heterocycles. The molecule has 0 spiro atoms. The minimum Gasteiger partial charge on any atom is -0.497 e. The lowest BCUT2D eigenvalue weighted by Gasteiger charge is -2.24. The Kier molecular flexibility index (Phi) is 6.36. The summed E-state index contributed by atoms with van der Waals surface area (Å²) in [5.41, 5.74) is 3.89. The largest absolute Gasteiger partial charge is 0.497 e. The van der Waals surface area contributed by atoms with Crippen molar-refractivity contribution >= 4 is 28.4 Å². The number of aliphatic hydroxyl groups is 1. The Morgan fingerprint density at radius 1 is 1.03 bits per heavy atom. The Morgan fingerprint density at radius 2 is 1.79 bits per heavy atom. The van der Waals surface area contributed by atoms with Gasteiger partial charge < -0.3 is 24.6 Å². The van der Waals surface area contributed by atoms with Gasteiger partial charge in [-0.15, -0.1) is 0 Å². The van der Waals surface area contributed by atoms with E-state index in [9.17, 15) is 9.90 Å². The molecule has 10 nitrogen and oxygen atoms in total. The first kappa shape index (κ1) is 22.0. The van der Waals surface area contributed by atoms with E-state index in [2.05, 4.69) is 10.1 Å². The number of hydrogen-bond donors (Lipinski definition) is 2. The fourth-order valence-electron chi connectivity index (χ4n) is 3.44. The highest BCUT2D eigenvalue weighted by Crippen LogP contribution is 2.34. The van der Waals surface area contributed by atoms with Gasteiger partial charge in [0, 0.05) is 41.3 Å². The number of aliphatic hydroxyl groups excluding tert-OH is 1. The summed E-state index contributed by atoms with van der Waals surface area (Å²) >= 11 is 0. The topological polar surface area (TPSA) is 123 Å². The first-order chi connectivity index (χ1) is 16.0. The van der Waals surface area contributed by atoms with Crippen molar-refractivity contribution in [3.63, 3.8) is 0 Å². The molecule has 0 saturated carbocycles. The number of methoxy groups -OCH3 is 2. The lowest BCUT2D eigenvalue weighted by Crippen LogP contribution is -2.25. The predicted molar refractivity (Wildman–Crippen MR) is 122 cm³/mol. The van der Waals surface area contributed by atoms with E-state index in [0.29, 0.717) is 46.1 Å². The first-order valence-electron chi connectivity index (χ1n) is 10.1. The van der Waals surface area contributed by atoms with Crippen molar-refractivity contribution in [3.05, 3.63) is 55.0 Å². The number of rotatable bonds is 9. The van der Waals surface area contributed by atoms with Crippen LogP contribution in [0.15, 0.2) is 55.0 Å². The number of fused-ring (bicyclic) bond motifs is 1. The van der Waals surface area contributed by atoms with Crippen LogP contribution in [0.1, 0.15) is 0 Å². The molecule has 0 aliphatic heterocycles. The molecule has 2 N–H and O–H groups in total. The third-order valence-corrected chi connectivity index (χ3v) is 5.04. The van der Waals surface area contributed by atoms with Crippen LogP contribution >= 0.6 is 0 Å². The average Bonchev–Trinajstić information content (AvgIpc) is 3.30. The SMILES string of the molecule is COc1cc(OC)cc(N(CC(=O)O)c2ccc3ncc(-c4cnn(CCO)c4)nc3c2)c1. The number of aromatic nitrogens is 4. The van der Waals surface area contributed by atoms with E-state index >= 15 is 0 Å². The van der Waals surface area contributed by atoms with Gasteiger partial charge in [-0.2, -0.15) is 5.10 Å². The Hall–Kier alpha value is -4.18. The van der Waals surface area contributed by atoms with E-state index < -0.39 is 5.97 Å². The number of anilines is 2. The van der Waals surface area contributed by atoms with Gasteiger partial charge >= 0.3 is 5.97 Å². The van der Waals surface area contributed by atoms with Gasteiger partial charge in [0.15, 0.2) is 0 Å². The summed E-state index contributed by atoms with van der Waals surface area (Å²) in [7, 11) is 3.08. The summed E-state index contributed by atoms with van der Waals surface area (Å²) < 4.78 is 12.3. The highest BCUT2D eigenvalue weighted by atomic mass is 16.5. The van der Waals surface area contributed by atoms with Crippen LogP contribution in [-0.2, 0) is 11.3 Å². The standard InChI is InChI=1S/C23H23N5O5/c1-32-18-7-17(8-19(10-18)33-2)28(14-23(30)31)16-3-4-20-21(9-16)26-22(12-24-20)15-11-25-27(13-15)5-6-29/h3-4,7-13,29H,5-6,14H2,1-2H3,(H,30,31). The van der Waals surface area contributed by atoms with Crippen LogP contribution in [-0.4, -0.2) is 63.3 Å². The molecule has 0 radical (unpaired) electrons. The number of carboxylic acid groups (broad SMARTS) is 1. The van der Waals surface area contributed by atoms with Gasteiger partial charge in [0.1, 0.15) is 18.0 Å². The number of benzene rings is 2. The molecule has 0 fully saturated rings. The van der Waals surface area contributed by atoms with E-state index in [0.717, 1.165) is 5.56 Å². The molecule has 2 aromatic heterocycles. The first-order valence-corrected chi connectivity index (χ1v) is 10.1. The Labute approximate surface area is 189 Å². The molecule has 0 atom stereocenters. The van der Waals surface area contributed by atoms with E-state index in [1.54, 1.807) is 64.6 Å². The predicted octanol–water partition coefficient (Wildman–Crippen LogP) is 2.73. The zero-order valence-corrected chi connectivity index (χ0v) is 18.2. The molecule has 0 unspecified atom stereocenters. The minimum atomic E-state index is -0.993. The zero-order chi connectivity index (χ0) is 23.4. The summed E-state index contributed by atoms with van der Waals surface area (Å²) in [5, 5.41) is 22.9. The second-order valence-corrected chi connectivity index (χ2v) is 7.19. The highest BCUT2D eigenvalue weighted by molar-refractivity contribution is 5.85. The maximum atomic E-state index is 11.7. The quantitative estimate of drug-likeness (QED) is 0.397. The van der Waals surface area contributed by atoms with Crippen molar-refractivity contribution in [2.75, 3.05) is 32.3 Å². The smallest absolute Gasteiger partial charge is 0.323 e. The van der Waals surface area contributed by atoms with E-state index in [4.69, 9.17) is 19.6 Å². The van der Waals surface area contributed by atoms with Gasteiger partial charge in [-0.25, -0.2) is 4.98 Å². The minimum absolute atomic E-state index is 0.0116. The molecule has 170 valence electrons. The maximum Gasteiger partial charge on any atom is 0.323 e. The lowest BCUT2D eigenvalue weighted by molar-refractivity contribution is -0.135. The normalized spacial score (nSPS) is 10.9. The third kappa shape index (κ3) is 4.85. The van der Waals surface area contributed by atoms with Crippen molar-refractivity contribution in [1.82, 2.24) is 19.7 Å². The Morgan fingerprint density at radius 3 is 2.45 bits per heavy atom. The van der Waals surface area contributed by atoms with Crippen LogP contribution in [0, 0.1) is 0 Å². The summed E-state index contributed by atoms with van der Waals surface area (Å²) in [6.07, 6.45) is 5.11. The molecular weight excluding hydrogens is 426 g/mol. The molecular formula is C23H23N5O5. The zero-order valence-electron chi connectivity index (χ0n) is 18.2. The van der Waals surface area contributed by atoms with Gasteiger partial charge in [0.25, 0.3) is 0 Å². The molecule has 0 aliphatic rings. The Balaban J connectivity index is 1.77. The summed E-state index contributed by atoms with van der Waals surface area (Å²) in [6, 6.07) is 10.6. The number of nitrogens with zero attached hydrogens (tertiary/aromatic N) is 5. The van der Waals surface area contributed by atoms with Gasteiger partial charge in [-0.05, 0) is 18.2 Å². The van der Waals surface area contributed by atoms with Crippen LogP contribution in [0.4, 0.5) is 11.4 Å². The number of ether oxygens (including phenoxy) is 2. The van der Waals surface area contributed by atoms with Crippen LogP contribution in [0.25, 0.3) is 22.3 Å². The lowest BCUT2D eigenvalue weighted by atomic mass is 10.2. The number of hydrogen-bond acceptors (Lipinski definition) is 8. The molecule has 4 rings (SSSR count). The average molecular weight is 449 g/mol. The maximum absolute atomic E-state index is 11.7. The van der Waals surface area contributed by atoms with Gasteiger partial charge in [0.2, 0.25) is 0 Å². The summed E-state index contributed by atoms with van der Waals surface area (Å²) in [5.74, 6) is 0.0954. The van der Waals surface area contributed by atoms with Gasteiger partial charge in [0.05, 0.1) is 56.5 Å². The second-order valence-electron chi connectivity index (χ2n) is 7.19. The molecule has 33 heavy (non-hydrogen) atoms.